The summed E-state index contributed by atoms with van der Waals surface area (Å²) >= 11 is 0. The van der Waals surface area contributed by atoms with E-state index in [0.29, 0.717) is 5.92 Å². The van der Waals surface area contributed by atoms with Crippen molar-refractivity contribution in [3.8, 4) is 6.07 Å². The molecule has 1 aromatic rings. The Kier molecular flexibility index (Phi) is 4.47. The minimum Gasteiger partial charge on any atom is -0.219 e. The molecule has 3 nitrogen and oxygen atoms in total. The van der Waals surface area contributed by atoms with Crippen LogP contribution in [0.1, 0.15) is 19.4 Å². The molecule has 0 N–H and O–H groups in total. The standard InChI is InChI=1S/C13H15NO2S/c1-11(2)10-12-4-6-13(7-5-12)17(15,16)9-3-8-14/h3-7,9,11H,10H2,1-2H3/b9-3+. The maximum absolute atomic E-state index is 11.7. The van der Waals surface area contributed by atoms with Gasteiger partial charge in [0.05, 0.1) is 11.0 Å². The molecule has 90 valence electrons. The molecular weight excluding hydrogens is 234 g/mol. The van der Waals surface area contributed by atoms with Crippen LogP contribution >= 0.6 is 0 Å². The number of benzene rings is 1. The summed E-state index contributed by atoms with van der Waals surface area (Å²) in [5.74, 6) is 0.538. The molecule has 17 heavy (non-hydrogen) atoms. The van der Waals surface area contributed by atoms with E-state index in [1.54, 1.807) is 18.2 Å². The van der Waals surface area contributed by atoms with Crippen molar-refractivity contribution < 1.29 is 8.42 Å². The molecule has 0 aliphatic heterocycles. The highest BCUT2D eigenvalue weighted by atomic mass is 32.2. The molecular formula is C13H15NO2S. The quantitative estimate of drug-likeness (QED) is 0.771. The van der Waals surface area contributed by atoms with Crippen LogP contribution in [0.5, 0.6) is 0 Å². The average molecular weight is 249 g/mol. The van der Waals surface area contributed by atoms with Crippen LogP contribution in [0.2, 0.25) is 0 Å². The third-order valence-electron chi connectivity index (χ3n) is 2.22. The van der Waals surface area contributed by atoms with Crippen molar-refractivity contribution in [2.45, 2.75) is 25.2 Å². The SMILES string of the molecule is CC(C)Cc1ccc(S(=O)(=O)/C=C/C#N)cc1. The van der Waals surface area contributed by atoms with Crippen LogP contribution in [-0.4, -0.2) is 8.42 Å². The van der Waals surface area contributed by atoms with Crippen LogP contribution in [-0.2, 0) is 16.3 Å². The van der Waals surface area contributed by atoms with Crippen LogP contribution in [0.25, 0.3) is 0 Å². The van der Waals surface area contributed by atoms with Crippen molar-refractivity contribution in [1.29, 1.82) is 5.26 Å². The highest BCUT2D eigenvalue weighted by molar-refractivity contribution is 7.94. The van der Waals surface area contributed by atoms with Crippen LogP contribution in [0.4, 0.5) is 0 Å². The fraction of sp³-hybridized carbons (Fsp3) is 0.308. The lowest BCUT2D eigenvalue weighted by molar-refractivity contribution is 0.604. The van der Waals surface area contributed by atoms with Gasteiger partial charge in [-0.15, -0.1) is 0 Å². The number of rotatable bonds is 4. The summed E-state index contributed by atoms with van der Waals surface area (Å²) in [5, 5.41) is 9.24. The minimum absolute atomic E-state index is 0.219. The highest BCUT2D eigenvalue weighted by Gasteiger charge is 2.09. The molecule has 0 saturated carbocycles. The van der Waals surface area contributed by atoms with Gasteiger partial charge in [0.25, 0.3) is 0 Å². The van der Waals surface area contributed by atoms with Crippen LogP contribution < -0.4 is 0 Å². The molecule has 0 amide bonds. The maximum atomic E-state index is 11.7. The Morgan fingerprint density at radius 3 is 2.35 bits per heavy atom. The van der Waals surface area contributed by atoms with Crippen molar-refractivity contribution in [3.63, 3.8) is 0 Å². The zero-order chi connectivity index (χ0) is 12.9. The van der Waals surface area contributed by atoms with E-state index >= 15 is 0 Å². The first-order valence-corrected chi connectivity index (χ1v) is 6.90. The number of sulfone groups is 1. The summed E-state index contributed by atoms with van der Waals surface area (Å²) in [5.41, 5.74) is 1.11. The molecule has 1 aromatic carbocycles. The number of hydrogen-bond donors (Lipinski definition) is 0. The summed E-state index contributed by atoms with van der Waals surface area (Å²) in [6.45, 7) is 4.22. The van der Waals surface area contributed by atoms with E-state index in [9.17, 15) is 8.42 Å². The van der Waals surface area contributed by atoms with Gasteiger partial charge >= 0.3 is 0 Å². The van der Waals surface area contributed by atoms with Gasteiger partial charge in [0.1, 0.15) is 0 Å². The summed E-state index contributed by atoms with van der Waals surface area (Å²) in [6.07, 6.45) is 1.89. The Morgan fingerprint density at radius 1 is 1.29 bits per heavy atom. The van der Waals surface area contributed by atoms with Gasteiger partial charge in [-0.3, -0.25) is 0 Å². The Balaban J connectivity index is 2.96. The third-order valence-corrected chi connectivity index (χ3v) is 3.64. The normalized spacial score (nSPS) is 11.9. The topological polar surface area (TPSA) is 57.9 Å². The lowest BCUT2D eigenvalue weighted by atomic mass is 10.0. The molecule has 0 aliphatic rings. The molecule has 0 aliphatic carbocycles. The second kappa shape index (κ2) is 5.65. The molecule has 0 aromatic heterocycles. The Labute approximate surface area is 102 Å². The van der Waals surface area contributed by atoms with Gasteiger partial charge in [-0.2, -0.15) is 5.26 Å². The number of hydrogen-bond acceptors (Lipinski definition) is 3. The molecule has 1 rings (SSSR count). The first kappa shape index (κ1) is 13.5. The summed E-state index contributed by atoms with van der Waals surface area (Å²) in [4.78, 5) is 0.219. The monoisotopic (exact) mass is 249 g/mol. The molecule has 0 atom stereocenters. The molecule has 4 heteroatoms. The van der Waals surface area contributed by atoms with Crippen molar-refractivity contribution in [2.24, 2.45) is 5.92 Å². The zero-order valence-electron chi connectivity index (χ0n) is 9.92. The van der Waals surface area contributed by atoms with E-state index in [1.165, 1.54) is 0 Å². The van der Waals surface area contributed by atoms with E-state index < -0.39 is 9.84 Å². The summed E-state index contributed by atoms with van der Waals surface area (Å²) in [7, 11) is -3.47. The van der Waals surface area contributed by atoms with Crippen molar-refractivity contribution in [3.05, 3.63) is 41.3 Å². The second-order valence-electron chi connectivity index (χ2n) is 4.22. The predicted octanol–water partition coefficient (Wildman–Crippen LogP) is 2.70. The molecule has 0 saturated heterocycles. The van der Waals surface area contributed by atoms with Crippen molar-refractivity contribution >= 4 is 9.84 Å². The van der Waals surface area contributed by atoms with E-state index in [-0.39, 0.29) is 4.90 Å². The van der Waals surface area contributed by atoms with Crippen molar-refractivity contribution in [1.82, 2.24) is 0 Å². The van der Waals surface area contributed by atoms with Gasteiger partial charge in [-0.05, 0) is 30.0 Å². The second-order valence-corrected chi connectivity index (χ2v) is 6.05. The van der Waals surface area contributed by atoms with E-state index in [0.717, 1.165) is 23.5 Å². The largest absolute Gasteiger partial charge is 0.219 e. The summed E-state index contributed by atoms with van der Waals surface area (Å²) in [6, 6.07) is 8.45. The van der Waals surface area contributed by atoms with Crippen LogP contribution in [0.3, 0.4) is 0 Å². The third kappa shape index (κ3) is 4.04. The number of nitriles is 1. The van der Waals surface area contributed by atoms with Gasteiger partial charge < -0.3 is 0 Å². The summed E-state index contributed by atoms with van der Waals surface area (Å²) < 4.78 is 23.4. The number of allylic oxidation sites excluding steroid dienone is 1. The zero-order valence-corrected chi connectivity index (χ0v) is 10.7. The fourth-order valence-electron chi connectivity index (χ4n) is 1.49. The van der Waals surface area contributed by atoms with Gasteiger partial charge in [0.2, 0.25) is 9.84 Å². The van der Waals surface area contributed by atoms with Crippen LogP contribution in [0, 0.1) is 17.2 Å². The first-order valence-electron chi connectivity index (χ1n) is 5.36. The fourth-order valence-corrected chi connectivity index (χ4v) is 2.40. The molecule has 0 fully saturated rings. The lowest BCUT2D eigenvalue weighted by Crippen LogP contribution is -1.98. The Hall–Kier alpha value is -1.60. The maximum Gasteiger partial charge on any atom is 0.200 e. The minimum atomic E-state index is -3.47. The van der Waals surface area contributed by atoms with E-state index in [4.69, 9.17) is 5.26 Å². The van der Waals surface area contributed by atoms with Gasteiger partial charge in [-0.25, -0.2) is 8.42 Å². The van der Waals surface area contributed by atoms with Gasteiger partial charge in [0.15, 0.2) is 0 Å². The number of nitrogens with zero attached hydrogens (tertiary/aromatic N) is 1. The van der Waals surface area contributed by atoms with E-state index in [2.05, 4.69) is 13.8 Å². The smallest absolute Gasteiger partial charge is 0.200 e. The molecule has 0 heterocycles. The molecule has 0 bridgehead atoms. The van der Waals surface area contributed by atoms with Crippen LogP contribution in [0.15, 0.2) is 40.6 Å². The van der Waals surface area contributed by atoms with Crippen molar-refractivity contribution in [2.75, 3.05) is 0 Å². The average Bonchev–Trinajstić information content (AvgIpc) is 2.26. The molecule has 0 radical (unpaired) electrons. The van der Waals surface area contributed by atoms with E-state index in [1.807, 2.05) is 12.1 Å². The lowest BCUT2D eigenvalue weighted by Gasteiger charge is -2.05. The first-order chi connectivity index (χ1) is 7.95. The molecule has 0 spiro atoms. The highest BCUT2D eigenvalue weighted by Crippen LogP contribution is 2.15. The van der Waals surface area contributed by atoms with Gasteiger partial charge in [0, 0.05) is 11.5 Å². The molecule has 0 unspecified atom stereocenters. The Bertz CT molecular complexity index is 534. The Morgan fingerprint density at radius 2 is 1.88 bits per heavy atom. The van der Waals surface area contributed by atoms with Gasteiger partial charge in [-0.1, -0.05) is 26.0 Å². The predicted molar refractivity (Wildman–Crippen MR) is 66.9 cm³/mol.